The first-order valence-corrected chi connectivity index (χ1v) is 3.71. The molecule has 0 saturated carbocycles. The fourth-order valence-corrected chi connectivity index (χ4v) is 1.12. The van der Waals surface area contributed by atoms with Crippen molar-refractivity contribution in [2.75, 3.05) is 20.1 Å². The number of carbonyl (C=O) groups is 1. The second-order valence-electron chi connectivity index (χ2n) is 2.80. The van der Waals surface area contributed by atoms with Crippen LogP contribution in [0.3, 0.4) is 0 Å². The number of ether oxygens (including phenoxy) is 1. The summed E-state index contributed by atoms with van der Waals surface area (Å²) in [5, 5.41) is 0. The lowest BCUT2D eigenvalue weighted by molar-refractivity contribution is -0.144. The van der Waals surface area contributed by atoms with Crippen LogP contribution in [0.25, 0.3) is 0 Å². The number of hydrogen-bond donors (Lipinski definition) is 0. The maximum absolute atomic E-state index is 10.5. The monoisotopic (exact) mass is 155 g/mol. The Morgan fingerprint density at radius 2 is 2.45 bits per heavy atom. The van der Waals surface area contributed by atoms with Crippen LogP contribution < -0.4 is 0 Å². The summed E-state index contributed by atoms with van der Waals surface area (Å²) in [4.78, 5) is 12.6. The molecule has 1 rings (SSSR count). The molecule has 3 heteroatoms. The van der Waals surface area contributed by atoms with Crippen LogP contribution in [0, 0.1) is 0 Å². The molecule has 0 aliphatic carbocycles. The number of carbonyl (C=O) groups excluding carboxylic acids is 1. The maximum Gasteiger partial charge on any atom is 0.303 e. The molecule has 11 heavy (non-hydrogen) atoms. The van der Waals surface area contributed by atoms with Gasteiger partial charge in [0.2, 0.25) is 0 Å². The first-order chi connectivity index (χ1) is 5.18. The first kappa shape index (κ1) is 8.27. The fraction of sp³-hybridized carbons (Fsp3) is 0.625. The summed E-state index contributed by atoms with van der Waals surface area (Å²) < 4.78 is 4.99. The van der Waals surface area contributed by atoms with Gasteiger partial charge in [-0.2, -0.15) is 0 Å². The molecule has 1 unspecified atom stereocenters. The molecular formula is C8H13NO2. The Kier molecular flexibility index (Phi) is 2.65. The third kappa shape index (κ3) is 2.72. The molecule has 3 nitrogen and oxygen atoms in total. The molecular weight excluding hydrogens is 142 g/mol. The molecule has 1 aliphatic heterocycles. The molecule has 1 atom stereocenters. The lowest BCUT2D eigenvalue weighted by Crippen LogP contribution is -2.34. The predicted molar refractivity (Wildman–Crippen MR) is 42.2 cm³/mol. The molecule has 0 aromatic carbocycles. The molecule has 0 fully saturated rings. The van der Waals surface area contributed by atoms with Crippen molar-refractivity contribution < 1.29 is 9.53 Å². The topological polar surface area (TPSA) is 29.5 Å². The molecule has 0 aromatic heterocycles. The van der Waals surface area contributed by atoms with E-state index in [0.29, 0.717) is 0 Å². The van der Waals surface area contributed by atoms with Crippen LogP contribution in [-0.2, 0) is 9.53 Å². The van der Waals surface area contributed by atoms with Crippen molar-refractivity contribution in [3.63, 3.8) is 0 Å². The largest absolute Gasteiger partial charge is 0.457 e. The van der Waals surface area contributed by atoms with Gasteiger partial charge in [-0.1, -0.05) is 6.08 Å². The smallest absolute Gasteiger partial charge is 0.303 e. The number of likely N-dealkylation sites (N-methyl/N-ethyl adjacent to an activating group) is 1. The number of nitrogens with zero attached hydrogens (tertiary/aromatic N) is 1. The summed E-state index contributed by atoms with van der Waals surface area (Å²) in [6.45, 7) is 3.18. The quantitative estimate of drug-likeness (QED) is 0.406. The summed E-state index contributed by atoms with van der Waals surface area (Å²) in [7, 11) is 2.00. The first-order valence-electron chi connectivity index (χ1n) is 3.71. The van der Waals surface area contributed by atoms with Gasteiger partial charge in [0.1, 0.15) is 6.10 Å². The fourth-order valence-electron chi connectivity index (χ4n) is 1.12. The van der Waals surface area contributed by atoms with E-state index in [1.54, 1.807) is 0 Å². The van der Waals surface area contributed by atoms with Gasteiger partial charge in [0.15, 0.2) is 0 Å². The number of esters is 1. The molecule has 0 radical (unpaired) electrons. The highest BCUT2D eigenvalue weighted by Gasteiger charge is 2.13. The van der Waals surface area contributed by atoms with E-state index in [4.69, 9.17) is 4.74 Å². The second kappa shape index (κ2) is 3.53. The molecule has 0 saturated heterocycles. The third-order valence-electron chi connectivity index (χ3n) is 1.58. The minimum absolute atomic E-state index is 0.0498. The zero-order valence-electron chi connectivity index (χ0n) is 6.91. The van der Waals surface area contributed by atoms with Crippen LogP contribution in [0.2, 0.25) is 0 Å². The molecule has 0 bridgehead atoms. The van der Waals surface area contributed by atoms with Crippen molar-refractivity contribution in [2.45, 2.75) is 13.0 Å². The van der Waals surface area contributed by atoms with Crippen molar-refractivity contribution >= 4 is 5.97 Å². The molecule has 0 spiro atoms. The summed E-state index contributed by atoms with van der Waals surface area (Å²) >= 11 is 0. The lowest BCUT2D eigenvalue weighted by Gasteiger charge is -2.24. The van der Waals surface area contributed by atoms with Crippen molar-refractivity contribution in [2.24, 2.45) is 0 Å². The zero-order valence-corrected chi connectivity index (χ0v) is 6.91. The number of rotatable bonds is 1. The summed E-state index contributed by atoms with van der Waals surface area (Å²) in [5.74, 6) is -0.213. The average molecular weight is 155 g/mol. The second-order valence-corrected chi connectivity index (χ2v) is 2.80. The van der Waals surface area contributed by atoms with Crippen molar-refractivity contribution in [1.82, 2.24) is 4.90 Å². The Morgan fingerprint density at radius 3 is 3.00 bits per heavy atom. The van der Waals surface area contributed by atoms with Crippen LogP contribution in [0.4, 0.5) is 0 Å². The summed E-state index contributed by atoms with van der Waals surface area (Å²) in [5.41, 5.74) is 0. The van der Waals surface area contributed by atoms with Crippen molar-refractivity contribution in [1.29, 1.82) is 0 Å². The highest BCUT2D eigenvalue weighted by atomic mass is 16.5. The van der Waals surface area contributed by atoms with Gasteiger partial charge in [0.05, 0.1) is 0 Å². The minimum Gasteiger partial charge on any atom is -0.457 e. The van der Waals surface area contributed by atoms with E-state index < -0.39 is 0 Å². The zero-order chi connectivity index (χ0) is 8.27. The van der Waals surface area contributed by atoms with Gasteiger partial charge in [-0.25, -0.2) is 0 Å². The highest BCUT2D eigenvalue weighted by Crippen LogP contribution is 2.03. The normalized spacial score (nSPS) is 25.1. The molecule has 62 valence electrons. The van der Waals surface area contributed by atoms with E-state index in [1.807, 2.05) is 19.2 Å². The summed E-state index contributed by atoms with van der Waals surface area (Å²) in [6.07, 6.45) is 3.89. The van der Waals surface area contributed by atoms with E-state index in [1.165, 1.54) is 6.92 Å². The van der Waals surface area contributed by atoms with Gasteiger partial charge in [0, 0.05) is 20.0 Å². The van der Waals surface area contributed by atoms with Crippen molar-refractivity contribution in [3.8, 4) is 0 Å². The third-order valence-corrected chi connectivity index (χ3v) is 1.58. The van der Waals surface area contributed by atoms with Gasteiger partial charge in [-0.3, -0.25) is 9.69 Å². The molecule has 1 aliphatic rings. The van der Waals surface area contributed by atoms with Crippen LogP contribution in [0.15, 0.2) is 12.2 Å². The maximum atomic E-state index is 10.5. The standard InChI is InChI=1S/C8H13NO2/c1-7(10)11-8-4-3-5-9(2)6-8/h3-4,8H,5-6H2,1-2H3. The SMILES string of the molecule is CC(=O)OC1C=CCN(C)C1. The summed E-state index contributed by atoms with van der Waals surface area (Å²) in [6, 6.07) is 0. The van der Waals surface area contributed by atoms with Crippen LogP contribution in [-0.4, -0.2) is 37.1 Å². The van der Waals surface area contributed by atoms with Gasteiger partial charge >= 0.3 is 5.97 Å². The van der Waals surface area contributed by atoms with Crippen molar-refractivity contribution in [3.05, 3.63) is 12.2 Å². The molecule has 0 aromatic rings. The van der Waals surface area contributed by atoms with Crippen LogP contribution >= 0.6 is 0 Å². The van der Waals surface area contributed by atoms with Gasteiger partial charge in [0.25, 0.3) is 0 Å². The highest BCUT2D eigenvalue weighted by molar-refractivity contribution is 5.66. The van der Waals surface area contributed by atoms with Gasteiger partial charge < -0.3 is 4.74 Å². The predicted octanol–water partition coefficient (Wildman–Crippen LogP) is 0.420. The van der Waals surface area contributed by atoms with Crippen LogP contribution in [0.5, 0.6) is 0 Å². The Morgan fingerprint density at radius 1 is 1.73 bits per heavy atom. The Bertz CT molecular complexity index is 177. The average Bonchev–Trinajstić information content (AvgIpc) is 1.85. The molecule has 0 N–H and O–H groups in total. The van der Waals surface area contributed by atoms with E-state index in [0.717, 1.165) is 13.1 Å². The molecule has 1 heterocycles. The van der Waals surface area contributed by atoms with Gasteiger partial charge in [-0.15, -0.1) is 0 Å². The Labute approximate surface area is 66.6 Å². The van der Waals surface area contributed by atoms with E-state index in [9.17, 15) is 4.79 Å². The van der Waals surface area contributed by atoms with E-state index >= 15 is 0 Å². The van der Waals surface area contributed by atoms with Gasteiger partial charge in [-0.05, 0) is 13.1 Å². The Hall–Kier alpha value is -0.830. The van der Waals surface area contributed by atoms with Crippen LogP contribution in [0.1, 0.15) is 6.92 Å². The lowest BCUT2D eigenvalue weighted by atomic mass is 10.2. The van der Waals surface area contributed by atoms with E-state index in [-0.39, 0.29) is 12.1 Å². The molecule has 0 amide bonds. The number of hydrogen-bond acceptors (Lipinski definition) is 3. The van der Waals surface area contributed by atoms with E-state index in [2.05, 4.69) is 4.90 Å². The minimum atomic E-state index is -0.213. The Balaban J connectivity index is 2.40.